The van der Waals surface area contributed by atoms with Gasteiger partial charge in [-0.25, -0.2) is 15.0 Å². The molecule has 0 spiro atoms. The Bertz CT molecular complexity index is 3140. The molecule has 238 valence electrons. The summed E-state index contributed by atoms with van der Waals surface area (Å²) in [5, 5.41) is 6.01. The van der Waals surface area contributed by atoms with Crippen molar-refractivity contribution in [3.63, 3.8) is 0 Å². The topological polar surface area (TPSA) is 78.1 Å². The van der Waals surface area contributed by atoms with Crippen LogP contribution in [0.25, 0.3) is 111 Å². The maximum absolute atomic E-state index is 6.78. The van der Waals surface area contributed by atoms with Gasteiger partial charge in [0, 0.05) is 32.8 Å². The van der Waals surface area contributed by atoms with Crippen molar-refractivity contribution in [1.82, 2.24) is 15.0 Å². The fourth-order valence-electron chi connectivity index (χ4n) is 7.37. The van der Waals surface area contributed by atoms with Gasteiger partial charge in [0.25, 0.3) is 0 Å². The van der Waals surface area contributed by atoms with Crippen LogP contribution in [0.4, 0.5) is 0 Å². The van der Waals surface area contributed by atoms with E-state index in [4.69, 9.17) is 28.2 Å². The van der Waals surface area contributed by atoms with Gasteiger partial charge in [0.1, 0.15) is 27.8 Å². The molecule has 11 aromatic rings. The van der Waals surface area contributed by atoms with Gasteiger partial charge in [-0.2, -0.15) is 0 Å². The Balaban J connectivity index is 1.22. The Kier molecular flexibility index (Phi) is 5.86. The zero-order valence-corrected chi connectivity index (χ0v) is 27.0. The fraction of sp³-hybridized carbons (Fsp3) is 0. The fourth-order valence-corrected chi connectivity index (χ4v) is 7.37. The average molecular weight is 656 g/mol. The molecule has 0 unspecified atom stereocenters. The van der Waals surface area contributed by atoms with E-state index in [9.17, 15) is 0 Å². The van der Waals surface area contributed by atoms with Crippen molar-refractivity contribution in [2.24, 2.45) is 0 Å². The second-order valence-electron chi connectivity index (χ2n) is 12.7. The molecule has 6 heteroatoms. The first-order chi connectivity index (χ1) is 25.3. The largest absolute Gasteiger partial charge is 0.455 e. The van der Waals surface area contributed by atoms with Crippen molar-refractivity contribution < 1.29 is 13.3 Å². The summed E-state index contributed by atoms with van der Waals surface area (Å²) in [5.41, 5.74) is 9.60. The normalized spacial score (nSPS) is 11.9. The summed E-state index contributed by atoms with van der Waals surface area (Å²) in [6.07, 6.45) is 0. The summed E-state index contributed by atoms with van der Waals surface area (Å²) >= 11 is 0. The predicted octanol–water partition coefficient (Wildman–Crippen LogP) is 12.2. The minimum atomic E-state index is 0.549. The maximum Gasteiger partial charge on any atom is 0.227 e. The molecule has 0 radical (unpaired) electrons. The summed E-state index contributed by atoms with van der Waals surface area (Å²) in [6.45, 7) is 0. The Hall–Kier alpha value is -7.05. The second kappa shape index (κ2) is 10.7. The summed E-state index contributed by atoms with van der Waals surface area (Å²) < 4.78 is 19.8. The molecule has 0 atom stereocenters. The Morgan fingerprint density at radius 1 is 0.392 bits per heavy atom. The lowest BCUT2D eigenvalue weighted by molar-refractivity contribution is 0.622. The number of furan rings is 2. The van der Waals surface area contributed by atoms with E-state index in [2.05, 4.69) is 60.7 Å². The zero-order valence-electron chi connectivity index (χ0n) is 27.0. The molecule has 51 heavy (non-hydrogen) atoms. The van der Waals surface area contributed by atoms with Crippen LogP contribution in [0.1, 0.15) is 0 Å². The van der Waals surface area contributed by atoms with Crippen LogP contribution in [0.15, 0.2) is 165 Å². The minimum Gasteiger partial charge on any atom is -0.455 e. The highest BCUT2D eigenvalue weighted by Gasteiger charge is 2.24. The van der Waals surface area contributed by atoms with E-state index in [0.29, 0.717) is 28.5 Å². The number of hydrogen-bond acceptors (Lipinski definition) is 6. The van der Waals surface area contributed by atoms with Gasteiger partial charge in [-0.1, -0.05) is 103 Å². The molecule has 0 amide bonds. The first kappa shape index (κ1) is 27.9. The number of rotatable bonds is 4. The molecule has 0 aliphatic carbocycles. The molecule has 0 aliphatic rings. The van der Waals surface area contributed by atoms with E-state index in [1.807, 2.05) is 91.0 Å². The van der Waals surface area contributed by atoms with Crippen molar-refractivity contribution in [1.29, 1.82) is 0 Å². The highest BCUT2D eigenvalue weighted by molar-refractivity contribution is 6.27. The van der Waals surface area contributed by atoms with Gasteiger partial charge < -0.3 is 13.3 Å². The van der Waals surface area contributed by atoms with E-state index >= 15 is 0 Å². The van der Waals surface area contributed by atoms with Gasteiger partial charge in [-0.15, -0.1) is 0 Å². The third kappa shape index (κ3) is 4.26. The third-order valence-electron chi connectivity index (χ3n) is 9.72. The molecular weight excluding hydrogens is 631 g/mol. The molecule has 0 bridgehead atoms. The minimum absolute atomic E-state index is 0.549. The number of hydrogen-bond donors (Lipinski definition) is 0. The summed E-state index contributed by atoms with van der Waals surface area (Å²) in [6, 6.07) is 50.9. The van der Waals surface area contributed by atoms with Gasteiger partial charge in [0.2, 0.25) is 5.89 Å². The van der Waals surface area contributed by atoms with Crippen molar-refractivity contribution in [2.45, 2.75) is 0 Å². The Labute approximate surface area is 290 Å². The van der Waals surface area contributed by atoms with E-state index < -0.39 is 0 Å². The monoisotopic (exact) mass is 655 g/mol. The van der Waals surface area contributed by atoms with E-state index in [0.717, 1.165) is 82.6 Å². The Morgan fingerprint density at radius 3 is 1.96 bits per heavy atom. The average Bonchev–Trinajstić information content (AvgIpc) is 3.92. The Morgan fingerprint density at radius 2 is 1.10 bits per heavy atom. The summed E-state index contributed by atoms with van der Waals surface area (Å²) in [4.78, 5) is 15.4. The van der Waals surface area contributed by atoms with Crippen molar-refractivity contribution in [3.8, 4) is 45.4 Å². The molecule has 11 rings (SSSR count). The molecule has 0 N–H and O–H groups in total. The quantitative estimate of drug-likeness (QED) is 0.188. The molecule has 0 saturated heterocycles. The zero-order chi connectivity index (χ0) is 33.5. The van der Waals surface area contributed by atoms with Gasteiger partial charge in [-0.05, 0) is 59.3 Å². The van der Waals surface area contributed by atoms with Crippen LogP contribution in [-0.4, -0.2) is 15.0 Å². The van der Waals surface area contributed by atoms with Crippen molar-refractivity contribution in [3.05, 3.63) is 152 Å². The van der Waals surface area contributed by atoms with Crippen molar-refractivity contribution >= 4 is 65.7 Å². The molecule has 6 nitrogen and oxygen atoms in total. The van der Waals surface area contributed by atoms with Crippen LogP contribution in [0, 0.1) is 0 Å². The molecule has 4 heterocycles. The number of oxazole rings is 1. The second-order valence-corrected chi connectivity index (χ2v) is 12.7. The molecule has 0 aliphatic heterocycles. The first-order valence-corrected chi connectivity index (χ1v) is 16.9. The van der Waals surface area contributed by atoms with Crippen LogP contribution >= 0.6 is 0 Å². The molecular formula is C45H25N3O3. The third-order valence-corrected chi connectivity index (χ3v) is 9.72. The first-order valence-electron chi connectivity index (χ1n) is 16.9. The number of benzene rings is 7. The van der Waals surface area contributed by atoms with E-state index in [-0.39, 0.29) is 0 Å². The van der Waals surface area contributed by atoms with Gasteiger partial charge in [-0.3, -0.25) is 0 Å². The highest BCUT2D eigenvalue weighted by atomic mass is 16.4. The molecule has 7 aromatic carbocycles. The lowest BCUT2D eigenvalue weighted by atomic mass is 9.99. The number of aromatic nitrogens is 3. The number of para-hydroxylation sites is 2. The van der Waals surface area contributed by atoms with E-state index in [1.165, 1.54) is 0 Å². The van der Waals surface area contributed by atoms with Crippen molar-refractivity contribution in [2.75, 3.05) is 0 Å². The van der Waals surface area contributed by atoms with Gasteiger partial charge in [0.15, 0.2) is 11.4 Å². The predicted molar refractivity (Wildman–Crippen MR) is 203 cm³/mol. The molecule has 0 saturated carbocycles. The summed E-state index contributed by atoms with van der Waals surface area (Å²) in [5.74, 6) is 1.12. The lowest BCUT2D eigenvalue weighted by Crippen LogP contribution is -1.96. The van der Waals surface area contributed by atoms with Crippen LogP contribution in [0.5, 0.6) is 0 Å². The van der Waals surface area contributed by atoms with Crippen LogP contribution in [0.3, 0.4) is 0 Å². The van der Waals surface area contributed by atoms with Crippen LogP contribution < -0.4 is 0 Å². The number of nitrogens with zero attached hydrogens (tertiary/aromatic N) is 3. The van der Waals surface area contributed by atoms with Crippen LogP contribution in [-0.2, 0) is 0 Å². The van der Waals surface area contributed by atoms with Gasteiger partial charge >= 0.3 is 0 Å². The van der Waals surface area contributed by atoms with Gasteiger partial charge in [0.05, 0.1) is 22.3 Å². The van der Waals surface area contributed by atoms with Crippen LogP contribution in [0.2, 0.25) is 0 Å². The lowest BCUT2D eigenvalue weighted by Gasteiger charge is -2.11. The molecule has 0 fully saturated rings. The SMILES string of the molecule is c1ccc(-c2cc(-c3cccc4c3oc3ccccc34)nc(-c3cc4ccccc4c4c3oc3ccc5nc(-c6ccccc6)oc5c34)n2)cc1. The maximum atomic E-state index is 6.78. The van der Waals surface area contributed by atoms with E-state index in [1.54, 1.807) is 0 Å². The smallest absolute Gasteiger partial charge is 0.227 e. The highest BCUT2D eigenvalue weighted by Crippen LogP contribution is 2.44. The molecule has 4 aromatic heterocycles. The number of fused-ring (bicyclic) bond motifs is 10. The standard InChI is InChI=1S/C45H25N3O3/c1-3-12-26(13-4-1)35-25-36(32-20-11-19-31-30-18-9-10-21-37(30)49-41(31)32)47-44(46-35)33-24-28-16-7-8-17-29(28)39-40-38(50-42(33)39)23-22-34-43(40)51-45(48-34)27-14-5-2-6-15-27/h1-25H. The summed E-state index contributed by atoms with van der Waals surface area (Å²) in [7, 11) is 0.